The molecule has 3 heteroatoms. The third kappa shape index (κ3) is 4.44. The second-order valence-corrected chi connectivity index (χ2v) is 10.6. The standard InChI is InChI=1S/C11H23IOSi/c1-7-10(8-9-12)13-14(5,6)11(2,3)4/h8-10H,7H2,1-6H3. The Morgan fingerprint density at radius 2 is 1.86 bits per heavy atom. The molecule has 1 unspecified atom stereocenters. The fourth-order valence-corrected chi connectivity index (χ4v) is 2.71. The van der Waals surface area contributed by atoms with Gasteiger partial charge in [0.2, 0.25) is 0 Å². The molecule has 0 aliphatic heterocycles. The van der Waals surface area contributed by atoms with Crippen molar-refractivity contribution in [2.24, 2.45) is 0 Å². The van der Waals surface area contributed by atoms with Gasteiger partial charge in [0.15, 0.2) is 8.32 Å². The summed E-state index contributed by atoms with van der Waals surface area (Å²) in [6, 6.07) is 0. The first kappa shape index (κ1) is 14.6. The second kappa shape index (κ2) is 5.65. The lowest BCUT2D eigenvalue weighted by Gasteiger charge is -2.38. The van der Waals surface area contributed by atoms with Crippen molar-refractivity contribution in [3.05, 3.63) is 10.2 Å². The van der Waals surface area contributed by atoms with Crippen molar-refractivity contribution in [3.63, 3.8) is 0 Å². The van der Waals surface area contributed by atoms with Gasteiger partial charge in [-0.2, -0.15) is 0 Å². The summed E-state index contributed by atoms with van der Waals surface area (Å²) in [5.74, 6) is 0. The summed E-state index contributed by atoms with van der Waals surface area (Å²) < 4.78 is 8.29. The molecule has 0 saturated heterocycles. The van der Waals surface area contributed by atoms with Gasteiger partial charge in [-0.25, -0.2) is 0 Å². The van der Waals surface area contributed by atoms with Crippen LogP contribution in [0.2, 0.25) is 18.1 Å². The van der Waals surface area contributed by atoms with Gasteiger partial charge in [0.25, 0.3) is 0 Å². The molecule has 0 radical (unpaired) electrons. The van der Waals surface area contributed by atoms with E-state index < -0.39 is 8.32 Å². The van der Waals surface area contributed by atoms with Gasteiger partial charge in [-0.05, 0) is 28.6 Å². The van der Waals surface area contributed by atoms with Gasteiger partial charge in [-0.1, -0.05) is 56.4 Å². The first-order valence-electron chi connectivity index (χ1n) is 5.19. The smallest absolute Gasteiger partial charge is 0.192 e. The van der Waals surface area contributed by atoms with E-state index in [4.69, 9.17) is 4.43 Å². The Labute approximate surface area is 104 Å². The molecule has 14 heavy (non-hydrogen) atoms. The van der Waals surface area contributed by atoms with Crippen LogP contribution in [0, 0.1) is 0 Å². The van der Waals surface area contributed by atoms with Gasteiger partial charge in [0.1, 0.15) is 0 Å². The minimum absolute atomic E-state index is 0.299. The highest BCUT2D eigenvalue weighted by Gasteiger charge is 2.38. The molecule has 0 bridgehead atoms. The van der Waals surface area contributed by atoms with Gasteiger partial charge in [-0.3, -0.25) is 0 Å². The summed E-state index contributed by atoms with van der Waals surface area (Å²) in [7, 11) is -1.58. The molecule has 0 rings (SSSR count). The summed E-state index contributed by atoms with van der Waals surface area (Å²) in [6.07, 6.45) is 3.51. The molecule has 0 aliphatic rings. The molecule has 1 nitrogen and oxygen atoms in total. The summed E-state index contributed by atoms with van der Waals surface area (Å²) in [6.45, 7) is 13.6. The number of hydrogen-bond acceptors (Lipinski definition) is 1. The monoisotopic (exact) mass is 326 g/mol. The molecule has 0 saturated carbocycles. The molecule has 0 amide bonds. The molecular weight excluding hydrogens is 303 g/mol. The lowest BCUT2D eigenvalue weighted by Crippen LogP contribution is -2.43. The summed E-state index contributed by atoms with van der Waals surface area (Å²) in [5.41, 5.74) is 0. The fraction of sp³-hybridized carbons (Fsp3) is 0.818. The highest BCUT2D eigenvalue weighted by molar-refractivity contribution is 14.1. The lowest BCUT2D eigenvalue weighted by molar-refractivity contribution is 0.221. The zero-order valence-corrected chi connectivity index (χ0v) is 13.4. The summed E-state index contributed by atoms with van der Waals surface area (Å²) in [4.78, 5) is 0. The number of hydrogen-bond donors (Lipinski definition) is 0. The minimum atomic E-state index is -1.58. The highest BCUT2D eigenvalue weighted by atomic mass is 127. The van der Waals surface area contributed by atoms with Gasteiger partial charge in [0, 0.05) is 0 Å². The van der Waals surface area contributed by atoms with Crippen molar-refractivity contribution in [1.29, 1.82) is 0 Å². The summed E-state index contributed by atoms with van der Waals surface area (Å²) >= 11 is 2.25. The Bertz CT molecular complexity index is 194. The molecular formula is C11H23IOSi. The highest BCUT2D eigenvalue weighted by Crippen LogP contribution is 2.37. The normalized spacial score (nSPS) is 16.2. The predicted octanol–water partition coefficient (Wildman–Crippen LogP) is 4.74. The van der Waals surface area contributed by atoms with E-state index in [2.05, 4.69) is 73.5 Å². The molecule has 84 valence electrons. The first-order chi connectivity index (χ1) is 6.24. The summed E-state index contributed by atoms with van der Waals surface area (Å²) in [5, 5.41) is 0.305. The van der Waals surface area contributed by atoms with E-state index in [9.17, 15) is 0 Å². The van der Waals surface area contributed by atoms with Crippen LogP contribution in [0.1, 0.15) is 34.1 Å². The number of rotatable bonds is 4. The van der Waals surface area contributed by atoms with Crippen LogP contribution in [0.5, 0.6) is 0 Å². The predicted molar refractivity (Wildman–Crippen MR) is 75.5 cm³/mol. The van der Waals surface area contributed by atoms with Crippen LogP contribution in [0.3, 0.4) is 0 Å². The molecule has 0 heterocycles. The Balaban J connectivity index is 4.47. The van der Waals surface area contributed by atoms with Gasteiger partial charge in [0.05, 0.1) is 6.10 Å². The Morgan fingerprint density at radius 1 is 1.36 bits per heavy atom. The molecule has 0 aliphatic carbocycles. The van der Waals surface area contributed by atoms with Crippen LogP contribution in [0.4, 0.5) is 0 Å². The third-order valence-electron chi connectivity index (χ3n) is 2.94. The van der Waals surface area contributed by atoms with E-state index in [1.54, 1.807) is 0 Å². The van der Waals surface area contributed by atoms with Crippen molar-refractivity contribution >= 4 is 30.9 Å². The van der Waals surface area contributed by atoms with E-state index >= 15 is 0 Å². The van der Waals surface area contributed by atoms with Gasteiger partial charge in [-0.15, -0.1) is 0 Å². The first-order valence-corrected chi connectivity index (χ1v) is 9.34. The van der Waals surface area contributed by atoms with Crippen molar-refractivity contribution in [3.8, 4) is 0 Å². The van der Waals surface area contributed by atoms with E-state index in [1.165, 1.54) is 0 Å². The van der Waals surface area contributed by atoms with Crippen LogP contribution in [-0.2, 0) is 4.43 Å². The molecule has 0 fully saturated rings. The largest absolute Gasteiger partial charge is 0.411 e. The molecule has 0 spiro atoms. The van der Waals surface area contributed by atoms with E-state index in [1.807, 2.05) is 0 Å². The van der Waals surface area contributed by atoms with E-state index in [0.29, 0.717) is 11.1 Å². The fourth-order valence-electron chi connectivity index (χ4n) is 0.895. The van der Waals surface area contributed by atoms with Crippen molar-refractivity contribution in [2.75, 3.05) is 0 Å². The maximum Gasteiger partial charge on any atom is 0.192 e. The lowest BCUT2D eigenvalue weighted by atomic mass is 10.2. The zero-order valence-electron chi connectivity index (χ0n) is 10.2. The molecule has 0 aromatic carbocycles. The van der Waals surface area contributed by atoms with Crippen molar-refractivity contribution < 1.29 is 4.43 Å². The average molecular weight is 326 g/mol. The Kier molecular flexibility index (Phi) is 5.92. The maximum absolute atomic E-state index is 6.24. The van der Waals surface area contributed by atoms with Gasteiger partial charge >= 0.3 is 0 Å². The Hall–Kier alpha value is 0.647. The molecule has 1 atom stereocenters. The zero-order chi connectivity index (χ0) is 11.4. The number of halogens is 1. The van der Waals surface area contributed by atoms with Crippen molar-refractivity contribution in [1.82, 2.24) is 0 Å². The van der Waals surface area contributed by atoms with Gasteiger partial charge < -0.3 is 4.43 Å². The average Bonchev–Trinajstić information content (AvgIpc) is 2.01. The van der Waals surface area contributed by atoms with Crippen LogP contribution in [-0.4, -0.2) is 14.4 Å². The Morgan fingerprint density at radius 3 is 2.14 bits per heavy atom. The second-order valence-electron chi connectivity index (χ2n) is 5.14. The van der Waals surface area contributed by atoms with Crippen LogP contribution < -0.4 is 0 Å². The molecule has 0 aromatic rings. The third-order valence-corrected chi connectivity index (χ3v) is 7.86. The molecule has 0 N–H and O–H groups in total. The quantitative estimate of drug-likeness (QED) is 0.536. The van der Waals surface area contributed by atoms with Crippen LogP contribution >= 0.6 is 22.6 Å². The van der Waals surface area contributed by atoms with Crippen molar-refractivity contribution in [2.45, 2.75) is 58.4 Å². The van der Waals surface area contributed by atoms with E-state index in [-0.39, 0.29) is 0 Å². The van der Waals surface area contributed by atoms with Crippen LogP contribution in [0.25, 0.3) is 0 Å². The minimum Gasteiger partial charge on any atom is -0.411 e. The van der Waals surface area contributed by atoms with E-state index in [0.717, 1.165) is 6.42 Å². The SMILES string of the molecule is CCC(C=CI)O[Si](C)(C)C(C)(C)C. The molecule has 0 aromatic heterocycles. The van der Waals surface area contributed by atoms with Crippen LogP contribution in [0.15, 0.2) is 10.2 Å². The topological polar surface area (TPSA) is 9.23 Å². The maximum atomic E-state index is 6.24.